The molecule has 2 atom stereocenters. The van der Waals surface area contributed by atoms with Gasteiger partial charge in [-0.3, -0.25) is 0 Å². The van der Waals surface area contributed by atoms with Crippen LogP contribution in [0.1, 0.15) is 37.4 Å². The Hall–Kier alpha value is -0.240. The Morgan fingerprint density at radius 2 is 2.00 bits per heavy atom. The fourth-order valence-electron chi connectivity index (χ4n) is 1.46. The van der Waals surface area contributed by atoms with Crippen LogP contribution in [0, 0.1) is 12.8 Å². The molecule has 0 radical (unpaired) electrons. The van der Waals surface area contributed by atoms with Gasteiger partial charge in [0.25, 0.3) is 0 Å². The van der Waals surface area contributed by atoms with Gasteiger partial charge in [0.1, 0.15) is 0 Å². The molecule has 3 heteroatoms. The van der Waals surface area contributed by atoms with E-state index in [1.165, 1.54) is 5.56 Å². The fraction of sp³-hybridized carbons (Fsp3) is 0.500. The number of hydrogen-bond donors (Lipinski definition) is 1. The van der Waals surface area contributed by atoms with Crippen molar-refractivity contribution in [2.45, 2.75) is 33.2 Å². The third kappa shape index (κ3) is 3.67. The lowest BCUT2D eigenvalue weighted by atomic mass is 9.92. The van der Waals surface area contributed by atoms with Gasteiger partial charge in [0.15, 0.2) is 0 Å². The highest BCUT2D eigenvalue weighted by Gasteiger charge is 2.13. The number of rotatable bonds is 3. The molecule has 1 unspecified atom stereocenters. The molecule has 1 aromatic rings. The Labute approximate surface area is 103 Å². The molecule has 2 N–H and O–H groups in total. The van der Waals surface area contributed by atoms with E-state index < -0.39 is 0 Å². The van der Waals surface area contributed by atoms with Crippen molar-refractivity contribution in [2.24, 2.45) is 11.7 Å². The minimum Gasteiger partial charge on any atom is -0.324 e. The zero-order valence-electron chi connectivity index (χ0n) is 9.46. The molecule has 15 heavy (non-hydrogen) atoms. The van der Waals surface area contributed by atoms with E-state index in [0.717, 1.165) is 17.0 Å². The lowest BCUT2D eigenvalue weighted by Crippen LogP contribution is -2.18. The lowest BCUT2D eigenvalue weighted by Gasteiger charge is -2.19. The largest absolute Gasteiger partial charge is 0.324 e. The predicted octanol–water partition coefficient (Wildman–Crippen LogP) is 4.12. The van der Waals surface area contributed by atoms with Gasteiger partial charge in [-0.25, -0.2) is 0 Å². The van der Waals surface area contributed by atoms with Gasteiger partial charge in [-0.15, -0.1) is 12.4 Å². The Morgan fingerprint density at radius 1 is 1.40 bits per heavy atom. The summed E-state index contributed by atoms with van der Waals surface area (Å²) in [6, 6.07) is 6.15. The van der Waals surface area contributed by atoms with Crippen molar-refractivity contribution in [3.05, 3.63) is 34.3 Å². The zero-order valence-corrected chi connectivity index (χ0v) is 11.0. The summed E-state index contributed by atoms with van der Waals surface area (Å²) >= 11 is 5.96. The van der Waals surface area contributed by atoms with Crippen LogP contribution >= 0.6 is 24.0 Å². The van der Waals surface area contributed by atoms with Crippen LogP contribution in [-0.2, 0) is 0 Å². The zero-order chi connectivity index (χ0) is 10.7. The van der Waals surface area contributed by atoms with Crippen LogP contribution in [0.5, 0.6) is 0 Å². The van der Waals surface area contributed by atoms with Crippen LogP contribution in [0.4, 0.5) is 0 Å². The van der Waals surface area contributed by atoms with Gasteiger partial charge in [-0.2, -0.15) is 0 Å². The molecule has 0 fully saturated rings. The summed E-state index contributed by atoms with van der Waals surface area (Å²) in [5.41, 5.74) is 8.41. The first-order chi connectivity index (χ1) is 6.56. The third-order valence-corrected chi connectivity index (χ3v) is 3.25. The second-order valence-electron chi connectivity index (χ2n) is 3.92. The highest BCUT2D eigenvalue weighted by atomic mass is 35.5. The average molecular weight is 248 g/mol. The van der Waals surface area contributed by atoms with Crippen LogP contribution in [0.25, 0.3) is 0 Å². The van der Waals surface area contributed by atoms with Gasteiger partial charge in [0.05, 0.1) is 0 Å². The first kappa shape index (κ1) is 14.8. The Balaban J connectivity index is 0.00000196. The molecular formula is C12H19Cl2N. The maximum absolute atomic E-state index is 6.12. The molecule has 0 aliphatic rings. The predicted molar refractivity (Wildman–Crippen MR) is 69.8 cm³/mol. The maximum Gasteiger partial charge on any atom is 0.0435 e. The van der Waals surface area contributed by atoms with Crippen molar-refractivity contribution in [2.75, 3.05) is 0 Å². The lowest BCUT2D eigenvalue weighted by molar-refractivity contribution is 0.456. The van der Waals surface area contributed by atoms with E-state index in [0.29, 0.717) is 5.92 Å². The first-order valence-corrected chi connectivity index (χ1v) is 5.45. The van der Waals surface area contributed by atoms with Gasteiger partial charge in [0, 0.05) is 11.1 Å². The molecule has 1 nitrogen and oxygen atoms in total. The molecule has 0 amide bonds. The van der Waals surface area contributed by atoms with Crippen molar-refractivity contribution in [3.63, 3.8) is 0 Å². The van der Waals surface area contributed by atoms with Crippen molar-refractivity contribution in [1.82, 2.24) is 0 Å². The van der Waals surface area contributed by atoms with E-state index in [-0.39, 0.29) is 18.4 Å². The van der Waals surface area contributed by atoms with E-state index in [1.807, 2.05) is 19.1 Å². The molecular weight excluding hydrogens is 229 g/mol. The van der Waals surface area contributed by atoms with Crippen LogP contribution < -0.4 is 5.73 Å². The van der Waals surface area contributed by atoms with Gasteiger partial charge in [-0.05, 0) is 30.0 Å². The number of hydrogen-bond acceptors (Lipinski definition) is 1. The monoisotopic (exact) mass is 247 g/mol. The molecule has 0 aliphatic heterocycles. The standard InChI is InChI=1S/C12H18ClN.ClH/c1-4-8(2)12(14)10-5-6-11(13)9(3)7-10;/h5-8,12H,4,14H2,1-3H3;1H/t8?,12-;/m1./s1. The van der Waals surface area contributed by atoms with Crippen molar-refractivity contribution in [1.29, 1.82) is 0 Å². The van der Waals surface area contributed by atoms with E-state index in [1.54, 1.807) is 0 Å². The summed E-state index contributed by atoms with van der Waals surface area (Å²) in [5.74, 6) is 0.510. The molecule has 0 heterocycles. The van der Waals surface area contributed by atoms with E-state index in [9.17, 15) is 0 Å². The molecule has 0 spiro atoms. The van der Waals surface area contributed by atoms with Crippen molar-refractivity contribution < 1.29 is 0 Å². The molecule has 0 saturated carbocycles. The summed E-state index contributed by atoms with van der Waals surface area (Å²) in [6.45, 7) is 6.34. The summed E-state index contributed by atoms with van der Waals surface area (Å²) in [5, 5.41) is 0.810. The van der Waals surface area contributed by atoms with Crippen LogP contribution in [0.3, 0.4) is 0 Å². The number of halogens is 2. The molecule has 0 aliphatic carbocycles. The molecule has 1 rings (SSSR count). The number of nitrogens with two attached hydrogens (primary N) is 1. The number of aryl methyl sites for hydroxylation is 1. The minimum atomic E-state index is 0. The normalized spacial score (nSPS) is 14.2. The highest BCUT2D eigenvalue weighted by Crippen LogP contribution is 2.25. The Kier molecular flexibility index (Phi) is 6.26. The van der Waals surface area contributed by atoms with Gasteiger partial charge >= 0.3 is 0 Å². The smallest absolute Gasteiger partial charge is 0.0435 e. The van der Waals surface area contributed by atoms with E-state index in [4.69, 9.17) is 17.3 Å². The SMILES string of the molecule is CCC(C)[C@@H](N)c1ccc(Cl)c(C)c1.Cl. The van der Waals surface area contributed by atoms with Crippen LogP contribution in [0.15, 0.2) is 18.2 Å². The summed E-state index contributed by atoms with van der Waals surface area (Å²) in [4.78, 5) is 0. The summed E-state index contributed by atoms with van der Waals surface area (Å²) in [6.07, 6.45) is 1.10. The van der Waals surface area contributed by atoms with Gasteiger partial charge < -0.3 is 5.73 Å². The molecule has 1 aromatic carbocycles. The third-order valence-electron chi connectivity index (χ3n) is 2.82. The Morgan fingerprint density at radius 3 is 2.47 bits per heavy atom. The highest BCUT2D eigenvalue weighted by molar-refractivity contribution is 6.31. The van der Waals surface area contributed by atoms with E-state index >= 15 is 0 Å². The quantitative estimate of drug-likeness (QED) is 0.855. The van der Waals surface area contributed by atoms with Crippen molar-refractivity contribution in [3.8, 4) is 0 Å². The first-order valence-electron chi connectivity index (χ1n) is 5.08. The second-order valence-corrected chi connectivity index (χ2v) is 4.33. The molecule has 86 valence electrons. The second kappa shape index (κ2) is 6.37. The number of benzene rings is 1. The average Bonchev–Trinajstić information content (AvgIpc) is 2.20. The fourth-order valence-corrected chi connectivity index (χ4v) is 1.58. The maximum atomic E-state index is 6.12. The van der Waals surface area contributed by atoms with Gasteiger partial charge in [-0.1, -0.05) is 44.0 Å². The van der Waals surface area contributed by atoms with Crippen molar-refractivity contribution >= 4 is 24.0 Å². The molecule has 0 aromatic heterocycles. The minimum absolute atomic E-state index is 0. The summed E-state index contributed by atoms with van der Waals surface area (Å²) < 4.78 is 0. The van der Waals surface area contributed by atoms with Crippen LogP contribution in [0.2, 0.25) is 5.02 Å². The van der Waals surface area contributed by atoms with E-state index in [2.05, 4.69) is 19.9 Å². The molecule has 0 saturated heterocycles. The topological polar surface area (TPSA) is 26.0 Å². The molecule has 0 bridgehead atoms. The van der Waals surface area contributed by atoms with Crippen LogP contribution in [-0.4, -0.2) is 0 Å². The Bertz CT molecular complexity index is 312. The van der Waals surface area contributed by atoms with Gasteiger partial charge in [0.2, 0.25) is 0 Å². The summed E-state index contributed by atoms with van der Waals surface area (Å²) in [7, 11) is 0.